The second-order valence-electron chi connectivity index (χ2n) is 8.04. The van der Waals surface area contributed by atoms with Crippen LogP contribution in [0, 0.1) is 0 Å². The summed E-state index contributed by atoms with van der Waals surface area (Å²) in [5.74, 6) is 0.691. The Morgan fingerprint density at radius 2 is 2.03 bits per heavy atom. The molecule has 8 nitrogen and oxygen atoms in total. The van der Waals surface area contributed by atoms with Crippen LogP contribution in [0.5, 0.6) is 0 Å². The first-order valence-corrected chi connectivity index (χ1v) is 10.0. The van der Waals surface area contributed by atoms with E-state index in [1.165, 1.54) is 0 Å². The van der Waals surface area contributed by atoms with Crippen molar-refractivity contribution in [3.05, 3.63) is 35.4 Å². The summed E-state index contributed by atoms with van der Waals surface area (Å²) in [6.07, 6.45) is 0.432. The van der Waals surface area contributed by atoms with E-state index in [4.69, 9.17) is 4.74 Å². The highest BCUT2D eigenvalue weighted by Crippen LogP contribution is 2.12. The molecule has 1 aliphatic rings. The average molecular weight is 404 g/mol. The van der Waals surface area contributed by atoms with Crippen molar-refractivity contribution in [2.45, 2.75) is 52.3 Å². The number of carbonyl (C=O) groups is 2. The van der Waals surface area contributed by atoms with Crippen molar-refractivity contribution in [3.63, 3.8) is 0 Å². The molecule has 1 atom stereocenters. The number of rotatable bonds is 5. The molecule has 3 N–H and O–H groups in total. The topological polar surface area (TPSA) is 95.1 Å². The molecule has 2 rings (SSSR count). The van der Waals surface area contributed by atoms with E-state index in [1.807, 2.05) is 45.9 Å². The molecular formula is C21H33N5O3. The van der Waals surface area contributed by atoms with Crippen molar-refractivity contribution in [2.24, 2.45) is 4.99 Å². The summed E-state index contributed by atoms with van der Waals surface area (Å²) >= 11 is 0. The van der Waals surface area contributed by atoms with Crippen LogP contribution in [0.3, 0.4) is 0 Å². The Balaban J connectivity index is 1.88. The first-order chi connectivity index (χ1) is 13.7. The SMILES string of the molecule is CCNC(=O)c1cccc(CNC(=NC)N2CCC(NC(=O)OC(C)(C)C)C2)c1. The number of carbonyl (C=O) groups excluding carboxylic acids is 2. The van der Waals surface area contributed by atoms with Crippen LogP contribution in [0.15, 0.2) is 29.3 Å². The Hall–Kier alpha value is -2.77. The van der Waals surface area contributed by atoms with Gasteiger partial charge in [0.2, 0.25) is 0 Å². The zero-order chi connectivity index (χ0) is 21.4. The van der Waals surface area contributed by atoms with Gasteiger partial charge in [0, 0.05) is 38.8 Å². The van der Waals surface area contributed by atoms with Crippen LogP contribution in [0.1, 0.15) is 50.0 Å². The lowest BCUT2D eigenvalue weighted by molar-refractivity contribution is 0.0507. The molecule has 0 radical (unpaired) electrons. The van der Waals surface area contributed by atoms with Crippen LogP contribution in [-0.2, 0) is 11.3 Å². The third-order valence-electron chi connectivity index (χ3n) is 4.40. The third kappa shape index (κ3) is 7.29. The van der Waals surface area contributed by atoms with E-state index in [9.17, 15) is 9.59 Å². The van der Waals surface area contributed by atoms with Crippen molar-refractivity contribution in [1.82, 2.24) is 20.9 Å². The number of guanidine groups is 1. The van der Waals surface area contributed by atoms with Gasteiger partial charge in [-0.2, -0.15) is 0 Å². The molecule has 1 fully saturated rings. The molecule has 1 saturated heterocycles. The van der Waals surface area contributed by atoms with Crippen LogP contribution >= 0.6 is 0 Å². The molecule has 1 aromatic carbocycles. The zero-order valence-electron chi connectivity index (χ0n) is 18.0. The lowest BCUT2D eigenvalue weighted by atomic mass is 10.1. The summed E-state index contributed by atoms with van der Waals surface area (Å²) in [5.41, 5.74) is 1.13. The summed E-state index contributed by atoms with van der Waals surface area (Å²) in [6, 6.07) is 7.55. The van der Waals surface area contributed by atoms with Crippen molar-refractivity contribution in [1.29, 1.82) is 0 Å². The first kappa shape index (κ1) is 22.5. The summed E-state index contributed by atoms with van der Waals surface area (Å²) in [5, 5.41) is 9.07. The Labute approximate surface area is 173 Å². The number of likely N-dealkylation sites (tertiary alicyclic amines) is 1. The molecule has 2 amide bonds. The smallest absolute Gasteiger partial charge is 0.407 e. The number of alkyl carbamates (subject to hydrolysis) is 1. The lowest BCUT2D eigenvalue weighted by Gasteiger charge is -2.23. The molecule has 0 saturated carbocycles. The molecule has 160 valence electrons. The Bertz CT molecular complexity index is 742. The maximum atomic E-state index is 12.0. The minimum Gasteiger partial charge on any atom is -0.444 e. The van der Waals surface area contributed by atoms with Gasteiger partial charge < -0.3 is 25.6 Å². The van der Waals surface area contributed by atoms with Gasteiger partial charge in [-0.15, -0.1) is 0 Å². The fourth-order valence-corrected chi connectivity index (χ4v) is 3.14. The first-order valence-electron chi connectivity index (χ1n) is 10.0. The minimum absolute atomic E-state index is 0.0180. The summed E-state index contributed by atoms with van der Waals surface area (Å²) in [7, 11) is 1.74. The minimum atomic E-state index is -0.511. The van der Waals surface area contributed by atoms with Gasteiger partial charge in [0.25, 0.3) is 5.91 Å². The summed E-state index contributed by atoms with van der Waals surface area (Å²) in [6.45, 7) is 10.0. The number of benzene rings is 1. The van der Waals surface area contributed by atoms with E-state index in [2.05, 4.69) is 25.8 Å². The molecule has 0 aromatic heterocycles. The van der Waals surface area contributed by atoms with Crippen LogP contribution in [0.25, 0.3) is 0 Å². The molecule has 8 heteroatoms. The largest absolute Gasteiger partial charge is 0.444 e. The van der Waals surface area contributed by atoms with Gasteiger partial charge in [0.05, 0.1) is 6.04 Å². The maximum Gasteiger partial charge on any atom is 0.407 e. The summed E-state index contributed by atoms with van der Waals surface area (Å²) in [4.78, 5) is 30.4. The molecule has 0 bridgehead atoms. The third-order valence-corrected chi connectivity index (χ3v) is 4.40. The van der Waals surface area contributed by atoms with Crippen LogP contribution in [0.2, 0.25) is 0 Å². The van der Waals surface area contributed by atoms with Gasteiger partial charge in [-0.25, -0.2) is 4.79 Å². The number of nitrogens with one attached hydrogen (secondary N) is 3. The van der Waals surface area contributed by atoms with Gasteiger partial charge in [-0.3, -0.25) is 9.79 Å². The standard InChI is InChI=1S/C21H33N5O3/c1-6-23-18(27)16-9-7-8-15(12-16)13-24-19(22-5)26-11-10-17(14-26)25-20(28)29-21(2,3)4/h7-9,12,17H,6,10-11,13-14H2,1-5H3,(H,22,24)(H,23,27)(H,25,28). The van der Waals surface area contributed by atoms with Crippen LogP contribution in [0.4, 0.5) is 4.79 Å². The highest BCUT2D eigenvalue weighted by atomic mass is 16.6. The van der Waals surface area contributed by atoms with E-state index in [-0.39, 0.29) is 11.9 Å². The van der Waals surface area contributed by atoms with Crippen molar-refractivity contribution in [2.75, 3.05) is 26.7 Å². The number of hydrogen-bond acceptors (Lipinski definition) is 4. The molecule has 29 heavy (non-hydrogen) atoms. The highest BCUT2D eigenvalue weighted by Gasteiger charge is 2.27. The zero-order valence-corrected chi connectivity index (χ0v) is 18.0. The highest BCUT2D eigenvalue weighted by molar-refractivity contribution is 5.94. The molecule has 1 aliphatic heterocycles. The molecule has 1 unspecified atom stereocenters. The van der Waals surface area contributed by atoms with E-state index in [1.54, 1.807) is 13.1 Å². The normalized spacial score (nSPS) is 17.1. The predicted octanol–water partition coefficient (Wildman–Crippen LogP) is 2.11. The van der Waals surface area contributed by atoms with Crippen molar-refractivity contribution in [3.8, 4) is 0 Å². The van der Waals surface area contributed by atoms with E-state index >= 15 is 0 Å². The fraction of sp³-hybridized carbons (Fsp3) is 0.571. The Morgan fingerprint density at radius 1 is 1.28 bits per heavy atom. The number of nitrogens with zero attached hydrogens (tertiary/aromatic N) is 2. The van der Waals surface area contributed by atoms with E-state index in [0.717, 1.165) is 24.5 Å². The lowest BCUT2D eigenvalue weighted by Crippen LogP contribution is -2.44. The number of amides is 2. The Kier molecular flexibility index (Phi) is 7.87. The average Bonchev–Trinajstić information content (AvgIpc) is 3.09. The summed E-state index contributed by atoms with van der Waals surface area (Å²) < 4.78 is 5.33. The van der Waals surface area contributed by atoms with E-state index in [0.29, 0.717) is 25.2 Å². The monoisotopic (exact) mass is 403 g/mol. The van der Waals surface area contributed by atoms with Crippen molar-refractivity contribution >= 4 is 18.0 Å². The number of aliphatic imine (C=N–C) groups is 1. The predicted molar refractivity (Wildman–Crippen MR) is 114 cm³/mol. The van der Waals surface area contributed by atoms with Gasteiger partial charge in [0.1, 0.15) is 5.60 Å². The van der Waals surface area contributed by atoms with Gasteiger partial charge in [0.15, 0.2) is 5.96 Å². The fourth-order valence-electron chi connectivity index (χ4n) is 3.14. The van der Waals surface area contributed by atoms with E-state index < -0.39 is 11.7 Å². The van der Waals surface area contributed by atoms with Gasteiger partial charge >= 0.3 is 6.09 Å². The molecule has 0 spiro atoms. The molecular weight excluding hydrogens is 370 g/mol. The maximum absolute atomic E-state index is 12.0. The van der Waals surface area contributed by atoms with Crippen LogP contribution < -0.4 is 16.0 Å². The quantitative estimate of drug-likeness (QED) is 0.517. The molecule has 1 heterocycles. The van der Waals surface area contributed by atoms with Crippen LogP contribution in [-0.4, -0.2) is 61.2 Å². The Morgan fingerprint density at radius 3 is 2.69 bits per heavy atom. The molecule has 0 aliphatic carbocycles. The number of hydrogen-bond donors (Lipinski definition) is 3. The van der Waals surface area contributed by atoms with Gasteiger partial charge in [-0.05, 0) is 51.8 Å². The van der Waals surface area contributed by atoms with Gasteiger partial charge in [-0.1, -0.05) is 12.1 Å². The number of ether oxygens (including phenoxy) is 1. The second-order valence-corrected chi connectivity index (χ2v) is 8.04. The molecule has 1 aromatic rings. The second kappa shape index (κ2) is 10.1. The van der Waals surface area contributed by atoms with Crippen molar-refractivity contribution < 1.29 is 14.3 Å².